The second-order valence-electron chi connectivity index (χ2n) is 5.72. The highest BCUT2D eigenvalue weighted by Crippen LogP contribution is 2.25. The van der Waals surface area contributed by atoms with Crippen molar-refractivity contribution in [3.05, 3.63) is 0 Å². The van der Waals surface area contributed by atoms with Crippen LogP contribution in [0.25, 0.3) is 0 Å². The minimum atomic E-state index is 0.778. The molecule has 94 valence electrons. The third kappa shape index (κ3) is 2.76. The van der Waals surface area contributed by atoms with Gasteiger partial charge >= 0.3 is 0 Å². The standard InChI is InChI=1S/C13H27N3/c1-11-8-13(10-15(11)3)16-6-4-12(5-7-16)9-14-2/h11-14H,4-10H2,1-3H3. The van der Waals surface area contributed by atoms with E-state index in [4.69, 9.17) is 0 Å². The number of hydrogen-bond acceptors (Lipinski definition) is 3. The molecule has 2 rings (SSSR count). The average Bonchev–Trinajstić information content (AvgIpc) is 2.61. The van der Waals surface area contributed by atoms with Crippen molar-refractivity contribution in [2.24, 2.45) is 5.92 Å². The zero-order chi connectivity index (χ0) is 11.5. The lowest BCUT2D eigenvalue weighted by atomic mass is 9.95. The molecule has 0 bridgehead atoms. The van der Waals surface area contributed by atoms with Crippen molar-refractivity contribution >= 4 is 0 Å². The monoisotopic (exact) mass is 225 g/mol. The van der Waals surface area contributed by atoms with Gasteiger partial charge in [-0.05, 0) is 65.8 Å². The number of hydrogen-bond donors (Lipinski definition) is 1. The maximum absolute atomic E-state index is 3.31. The lowest BCUT2D eigenvalue weighted by Gasteiger charge is -2.35. The largest absolute Gasteiger partial charge is 0.319 e. The molecule has 2 fully saturated rings. The molecule has 0 aromatic rings. The van der Waals surface area contributed by atoms with Crippen LogP contribution >= 0.6 is 0 Å². The number of piperidine rings is 1. The first-order valence-electron chi connectivity index (χ1n) is 6.79. The predicted molar refractivity (Wildman–Crippen MR) is 68.7 cm³/mol. The van der Waals surface area contributed by atoms with Crippen LogP contribution in [-0.4, -0.2) is 62.2 Å². The van der Waals surface area contributed by atoms with Gasteiger partial charge in [-0.25, -0.2) is 0 Å². The Kier molecular flexibility index (Phi) is 4.22. The van der Waals surface area contributed by atoms with Crippen molar-refractivity contribution < 1.29 is 0 Å². The van der Waals surface area contributed by atoms with Gasteiger partial charge in [0.1, 0.15) is 0 Å². The van der Waals surface area contributed by atoms with Crippen LogP contribution < -0.4 is 5.32 Å². The molecule has 1 N–H and O–H groups in total. The number of rotatable bonds is 3. The normalized spacial score (nSPS) is 34.7. The summed E-state index contributed by atoms with van der Waals surface area (Å²) >= 11 is 0. The van der Waals surface area contributed by atoms with Crippen molar-refractivity contribution in [1.82, 2.24) is 15.1 Å². The highest BCUT2D eigenvalue weighted by atomic mass is 15.3. The number of likely N-dealkylation sites (N-methyl/N-ethyl adjacent to an activating group) is 1. The van der Waals surface area contributed by atoms with Crippen molar-refractivity contribution in [3.8, 4) is 0 Å². The maximum atomic E-state index is 3.31. The van der Waals surface area contributed by atoms with E-state index in [2.05, 4.69) is 36.1 Å². The quantitative estimate of drug-likeness (QED) is 0.773. The molecule has 2 heterocycles. The smallest absolute Gasteiger partial charge is 0.0237 e. The fourth-order valence-corrected chi connectivity index (χ4v) is 3.24. The van der Waals surface area contributed by atoms with Crippen molar-refractivity contribution in [1.29, 1.82) is 0 Å². The Hall–Kier alpha value is -0.120. The first kappa shape index (κ1) is 12.3. The van der Waals surface area contributed by atoms with Crippen LogP contribution in [0, 0.1) is 5.92 Å². The van der Waals surface area contributed by atoms with E-state index >= 15 is 0 Å². The fraction of sp³-hybridized carbons (Fsp3) is 1.00. The molecule has 2 unspecified atom stereocenters. The van der Waals surface area contributed by atoms with Gasteiger partial charge in [-0.1, -0.05) is 0 Å². The first-order valence-corrected chi connectivity index (χ1v) is 6.79. The van der Waals surface area contributed by atoms with Crippen LogP contribution in [0.5, 0.6) is 0 Å². The number of likely N-dealkylation sites (tertiary alicyclic amines) is 2. The van der Waals surface area contributed by atoms with Crippen molar-refractivity contribution in [2.45, 2.75) is 38.3 Å². The molecule has 3 nitrogen and oxygen atoms in total. The van der Waals surface area contributed by atoms with Crippen LogP contribution in [0.4, 0.5) is 0 Å². The third-order valence-corrected chi connectivity index (χ3v) is 4.52. The van der Waals surface area contributed by atoms with Gasteiger partial charge < -0.3 is 10.2 Å². The van der Waals surface area contributed by atoms with Gasteiger partial charge in [0.25, 0.3) is 0 Å². The van der Waals surface area contributed by atoms with Crippen LogP contribution in [0.1, 0.15) is 26.2 Å². The zero-order valence-corrected chi connectivity index (χ0v) is 11.1. The summed E-state index contributed by atoms with van der Waals surface area (Å²) in [6.45, 7) is 7.47. The maximum Gasteiger partial charge on any atom is 0.0237 e. The summed E-state index contributed by atoms with van der Waals surface area (Å²) in [4.78, 5) is 5.23. The summed E-state index contributed by atoms with van der Waals surface area (Å²) in [5, 5.41) is 3.31. The lowest BCUT2D eigenvalue weighted by Crippen LogP contribution is -2.43. The number of nitrogens with one attached hydrogen (secondary N) is 1. The lowest BCUT2D eigenvalue weighted by molar-refractivity contribution is 0.135. The Morgan fingerprint density at radius 3 is 2.44 bits per heavy atom. The molecule has 2 aliphatic heterocycles. The molecule has 0 spiro atoms. The number of nitrogens with zero attached hydrogens (tertiary/aromatic N) is 2. The molecule has 0 radical (unpaired) electrons. The Labute approximate surface area is 100 Å². The zero-order valence-electron chi connectivity index (χ0n) is 11.1. The molecule has 2 atom stereocenters. The van der Waals surface area contributed by atoms with E-state index in [0.29, 0.717) is 0 Å². The van der Waals surface area contributed by atoms with E-state index < -0.39 is 0 Å². The van der Waals surface area contributed by atoms with Gasteiger partial charge in [0.15, 0.2) is 0 Å². The predicted octanol–water partition coefficient (Wildman–Crippen LogP) is 1.01. The van der Waals surface area contributed by atoms with Gasteiger partial charge in [0.05, 0.1) is 0 Å². The molecule has 2 aliphatic rings. The highest BCUT2D eigenvalue weighted by Gasteiger charge is 2.32. The fourth-order valence-electron chi connectivity index (χ4n) is 3.24. The molecular formula is C13H27N3. The average molecular weight is 225 g/mol. The molecular weight excluding hydrogens is 198 g/mol. The summed E-state index contributed by atoms with van der Waals surface area (Å²) in [5.41, 5.74) is 0. The summed E-state index contributed by atoms with van der Waals surface area (Å²) in [7, 11) is 4.33. The van der Waals surface area contributed by atoms with Crippen LogP contribution in [-0.2, 0) is 0 Å². The Morgan fingerprint density at radius 2 is 1.94 bits per heavy atom. The topological polar surface area (TPSA) is 18.5 Å². The summed E-state index contributed by atoms with van der Waals surface area (Å²) in [6.07, 6.45) is 4.14. The van der Waals surface area contributed by atoms with E-state index in [1.165, 1.54) is 45.4 Å². The molecule has 0 saturated carbocycles. The van der Waals surface area contributed by atoms with Crippen molar-refractivity contribution in [3.63, 3.8) is 0 Å². The highest BCUT2D eigenvalue weighted by molar-refractivity contribution is 4.89. The van der Waals surface area contributed by atoms with Crippen LogP contribution in [0.2, 0.25) is 0 Å². The van der Waals surface area contributed by atoms with E-state index in [-0.39, 0.29) is 0 Å². The van der Waals surface area contributed by atoms with Gasteiger partial charge in [0.2, 0.25) is 0 Å². The Morgan fingerprint density at radius 1 is 1.25 bits per heavy atom. The first-order chi connectivity index (χ1) is 7.70. The molecule has 3 heteroatoms. The van der Waals surface area contributed by atoms with Gasteiger partial charge in [-0.2, -0.15) is 0 Å². The van der Waals surface area contributed by atoms with Gasteiger partial charge in [-0.15, -0.1) is 0 Å². The molecule has 0 aromatic heterocycles. The minimum absolute atomic E-state index is 0.778. The molecule has 0 aliphatic carbocycles. The van der Waals surface area contributed by atoms with E-state index in [1.807, 2.05) is 0 Å². The second-order valence-corrected chi connectivity index (χ2v) is 5.72. The molecule has 2 saturated heterocycles. The van der Waals surface area contributed by atoms with Gasteiger partial charge in [-0.3, -0.25) is 4.90 Å². The summed E-state index contributed by atoms with van der Waals surface area (Å²) < 4.78 is 0. The van der Waals surface area contributed by atoms with Gasteiger partial charge in [0, 0.05) is 18.6 Å². The second kappa shape index (κ2) is 5.48. The summed E-state index contributed by atoms with van der Waals surface area (Å²) in [5.74, 6) is 0.915. The molecule has 0 amide bonds. The van der Waals surface area contributed by atoms with Crippen molar-refractivity contribution in [2.75, 3.05) is 40.3 Å². The molecule has 16 heavy (non-hydrogen) atoms. The molecule has 0 aromatic carbocycles. The van der Waals surface area contributed by atoms with E-state index in [9.17, 15) is 0 Å². The summed E-state index contributed by atoms with van der Waals surface area (Å²) in [6, 6.07) is 1.61. The van der Waals surface area contributed by atoms with E-state index in [1.54, 1.807) is 0 Å². The third-order valence-electron chi connectivity index (χ3n) is 4.52. The van der Waals surface area contributed by atoms with Crippen LogP contribution in [0.3, 0.4) is 0 Å². The Bertz CT molecular complexity index is 201. The van der Waals surface area contributed by atoms with Crippen LogP contribution in [0.15, 0.2) is 0 Å². The SMILES string of the molecule is CNCC1CCN(C2CC(C)N(C)C2)CC1. The van der Waals surface area contributed by atoms with E-state index in [0.717, 1.165) is 18.0 Å². The minimum Gasteiger partial charge on any atom is -0.319 e. The Balaban J connectivity index is 1.77.